The number of hydrogen-bond donors (Lipinski definition) is 0. The Hall–Kier alpha value is -1.68. The second-order valence-corrected chi connectivity index (χ2v) is 4.37. The van der Waals surface area contributed by atoms with Crippen LogP contribution in [0, 0.1) is 0 Å². The number of hydrogen-bond acceptors (Lipinski definition) is 2. The van der Waals surface area contributed by atoms with Crippen LogP contribution in [0.5, 0.6) is 0 Å². The van der Waals surface area contributed by atoms with E-state index in [4.69, 9.17) is 0 Å². The molecule has 0 N–H and O–H groups in total. The van der Waals surface area contributed by atoms with Crippen molar-refractivity contribution >= 4 is 22.0 Å². The predicted molar refractivity (Wildman–Crippen MR) is 71.7 cm³/mol. The molecule has 17 heavy (non-hydrogen) atoms. The highest BCUT2D eigenvalue weighted by atomic mass is 79.9. The number of halogens is 1. The first-order chi connectivity index (χ1) is 8.27. The average molecular weight is 291 g/mol. The molecule has 0 spiro atoms. The second-order valence-electron chi connectivity index (χ2n) is 3.51. The molecule has 86 valence electrons. The van der Waals surface area contributed by atoms with Crippen molar-refractivity contribution in [1.29, 1.82) is 0 Å². The molecule has 0 amide bonds. The van der Waals surface area contributed by atoms with E-state index in [0.29, 0.717) is 11.0 Å². The summed E-state index contributed by atoms with van der Waals surface area (Å²) in [7, 11) is 0. The summed E-state index contributed by atoms with van der Waals surface area (Å²) in [5.74, 6) is 0. The van der Waals surface area contributed by atoms with Gasteiger partial charge in [-0.05, 0) is 21.5 Å². The van der Waals surface area contributed by atoms with Crippen molar-refractivity contribution in [3.8, 4) is 0 Å². The molecule has 0 aliphatic carbocycles. The molecule has 0 fully saturated rings. The van der Waals surface area contributed by atoms with E-state index in [9.17, 15) is 4.79 Å². The molecular weight excluding hydrogens is 280 g/mol. The summed E-state index contributed by atoms with van der Waals surface area (Å²) in [4.78, 5) is 15.6. The first-order valence-corrected chi connectivity index (χ1v) is 5.98. The smallest absolute Gasteiger partial charge is 0.267 e. The highest BCUT2D eigenvalue weighted by Crippen LogP contribution is 2.02. The van der Waals surface area contributed by atoms with Gasteiger partial charge >= 0.3 is 0 Å². The monoisotopic (exact) mass is 290 g/mol. The molecule has 0 radical (unpaired) electrons. The van der Waals surface area contributed by atoms with E-state index in [1.165, 1.54) is 12.5 Å². The Morgan fingerprint density at radius 3 is 2.82 bits per heavy atom. The highest BCUT2D eigenvalue weighted by Gasteiger charge is 1.97. The molecule has 0 saturated heterocycles. The van der Waals surface area contributed by atoms with Gasteiger partial charge in [0.05, 0.1) is 6.33 Å². The third kappa shape index (κ3) is 3.14. The van der Waals surface area contributed by atoms with Crippen molar-refractivity contribution in [3.63, 3.8) is 0 Å². The van der Waals surface area contributed by atoms with Crippen molar-refractivity contribution in [2.45, 2.75) is 6.54 Å². The molecule has 0 unspecified atom stereocenters. The maximum atomic E-state index is 11.7. The summed E-state index contributed by atoms with van der Waals surface area (Å²) >= 11 is 3.16. The van der Waals surface area contributed by atoms with Gasteiger partial charge in [-0.1, -0.05) is 42.5 Å². The van der Waals surface area contributed by atoms with Gasteiger partial charge in [0, 0.05) is 12.7 Å². The summed E-state index contributed by atoms with van der Waals surface area (Å²) in [6, 6.07) is 9.95. The standard InChI is InChI=1S/C13H11BrN2O/c14-12-9-15-10-16(13(12)17)8-4-7-11-5-2-1-3-6-11/h1-7,9-10H,8H2. The molecule has 0 atom stereocenters. The number of rotatable bonds is 3. The molecule has 0 bridgehead atoms. The summed E-state index contributed by atoms with van der Waals surface area (Å²) < 4.78 is 2.02. The van der Waals surface area contributed by atoms with Gasteiger partial charge in [0.25, 0.3) is 5.56 Å². The van der Waals surface area contributed by atoms with Gasteiger partial charge in [-0.2, -0.15) is 0 Å². The fourth-order valence-corrected chi connectivity index (χ4v) is 1.77. The zero-order valence-corrected chi connectivity index (χ0v) is 10.7. The first kappa shape index (κ1) is 11.8. The zero-order chi connectivity index (χ0) is 12.1. The fraction of sp³-hybridized carbons (Fsp3) is 0.0769. The fourth-order valence-electron chi connectivity index (χ4n) is 1.42. The van der Waals surface area contributed by atoms with Crippen LogP contribution in [0.4, 0.5) is 0 Å². The second kappa shape index (κ2) is 5.59. The van der Waals surface area contributed by atoms with E-state index in [1.807, 2.05) is 42.5 Å². The third-order valence-corrected chi connectivity index (χ3v) is 2.82. The lowest BCUT2D eigenvalue weighted by molar-refractivity contribution is 0.749. The summed E-state index contributed by atoms with van der Waals surface area (Å²) in [6.45, 7) is 0.514. The third-order valence-electron chi connectivity index (χ3n) is 2.27. The molecular formula is C13H11BrN2O. The molecule has 2 rings (SSSR count). The van der Waals surface area contributed by atoms with Crippen LogP contribution >= 0.6 is 15.9 Å². The minimum atomic E-state index is -0.0716. The van der Waals surface area contributed by atoms with Gasteiger partial charge in [-0.3, -0.25) is 9.36 Å². The predicted octanol–water partition coefficient (Wildman–Crippen LogP) is 2.72. The Labute approximate surface area is 108 Å². The molecule has 0 aliphatic rings. The van der Waals surface area contributed by atoms with Crippen molar-refractivity contribution in [2.75, 3.05) is 0 Å². The molecule has 0 saturated carbocycles. The largest absolute Gasteiger partial charge is 0.294 e. The lowest BCUT2D eigenvalue weighted by Crippen LogP contribution is -2.19. The topological polar surface area (TPSA) is 34.9 Å². The molecule has 1 aromatic carbocycles. The van der Waals surface area contributed by atoms with E-state index in [1.54, 1.807) is 4.57 Å². The van der Waals surface area contributed by atoms with Crippen LogP contribution in [0.15, 0.2) is 58.2 Å². The Kier molecular flexibility index (Phi) is 3.88. The molecule has 0 aliphatic heterocycles. The van der Waals surface area contributed by atoms with Gasteiger partial charge in [-0.15, -0.1) is 0 Å². The van der Waals surface area contributed by atoms with E-state index < -0.39 is 0 Å². The molecule has 4 heteroatoms. The van der Waals surface area contributed by atoms with Gasteiger partial charge in [0.15, 0.2) is 0 Å². The van der Waals surface area contributed by atoms with Crippen molar-refractivity contribution in [2.24, 2.45) is 0 Å². The zero-order valence-electron chi connectivity index (χ0n) is 9.08. The number of benzene rings is 1. The number of nitrogens with zero attached hydrogens (tertiary/aromatic N) is 2. The normalized spacial score (nSPS) is 10.9. The Morgan fingerprint density at radius 2 is 2.06 bits per heavy atom. The van der Waals surface area contributed by atoms with E-state index in [0.717, 1.165) is 5.56 Å². The quantitative estimate of drug-likeness (QED) is 0.871. The molecule has 3 nitrogen and oxygen atoms in total. The van der Waals surface area contributed by atoms with Crippen molar-refractivity contribution in [1.82, 2.24) is 9.55 Å². The Balaban J connectivity index is 2.11. The molecule has 1 heterocycles. The Bertz CT molecular complexity index is 575. The van der Waals surface area contributed by atoms with Crippen LogP contribution < -0.4 is 5.56 Å². The average Bonchev–Trinajstić information content (AvgIpc) is 2.36. The van der Waals surface area contributed by atoms with Crippen LogP contribution in [-0.2, 0) is 6.54 Å². The van der Waals surface area contributed by atoms with E-state index in [2.05, 4.69) is 20.9 Å². The Morgan fingerprint density at radius 1 is 1.29 bits per heavy atom. The SMILES string of the molecule is O=c1c(Br)cncn1CC=Cc1ccccc1. The van der Waals surface area contributed by atoms with Crippen LogP contribution in [0.25, 0.3) is 6.08 Å². The number of aromatic nitrogens is 2. The molecule has 2 aromatic rings. The van der Waals surface area contributed by atoms with Gasteiger partial charge < -0.3 is 0 Å². The van der Waals surface area contributed by atoms with Gasteiger partial charge in [0.1, 0.15) is 4.47 Å². The maximum absolute atomic E-state index is 11.7. The first-order valence-electron chi connectivity index (χ1n) is 5.19. The van der Waals surface area contributed by atoms with Crippen molar-refractivity contribution < 1.29 is 0 Å². The van der Waals surface area contributed by atoms with Crippen LogP contribution in [0.1, 0.15) is 5.56 Å². The van der Waals surface area contributed by atoms with E-state index in [-0.39, 0.29) is 5.56 Å². The lowest BCUT2D eigenvalue weighted by atomic mass is 10.2. The van der Waals surface area contributed by atoms with Gasteiger partial charge in [0.2, 0.25) is 0 Å². The lowest BCUT2D eigenvalue weighted by Gasteiger charge is -2.00. The maximum Gasteiger partial charge on any atom is 0.267 e. The van der Waals surface area contributed by atoms with Crippen molar-refractivity contribution in [3.05, 3.63) is 69.3 Å². The summed E-state index contributed by atoms with van der Waals surface area (Å²) in [5.41, 5.74) is 1.04. The minimum absolute atomic E-state index is 0.0716. The summed E-state index contributed by atoms with van der Waals surface area (Å²) in [6.07, 6.45) is 6.94. The van der Waals surface area contributed by atoms with Gasteiger partial charge in [-0.25, -0.2) is 4.98 Å². The van der Waals surface area contributed by atoms with E-state index >= 15 is 0 Å². The molecule has 1 aromatic heterocycles. The number of allylic oxidation sites excluding steroid dienone is 1. The minimum Gasteiger partial charge on any atom is -0.294 e. The van der Waals surface area contributed by atoms with Crippen LogP contribution in [0.2, 0.25) is 0 Å². The van der Waals surface area contributed by atoms with Crippen LogP contribution in [0.3, 0.4) is 0 Å². The highest BCUT2D eigenvalue weighted by molar-refractivity contribution is 9.10. The summed E-state index contributed by atoms with van der Waals surface area (Å²) in [5, 5.41) is 0. The van der Waals surface area contributed by atoms with Crippen LogP contribution in [-0.4, -0.2) is 9.55 Å².